The predicted octanol–water partition coefficient (Wildman–Crippen LogP) is 2.82. The third-order valence-corrected chi connectivity index (χ3v) is 8.45. The van der Waals surface area contributed by atoms with Crippen molar-refractivity contribution in [3.8, 4) is 0 Å². The van der Waals surface area contributed by atoms with Gasteiger partial charge < -0.3 is 14.7 Å². The van der Waals surface area contributed by atoms with E-state index in [1.807, 2.05) is 31.2 Å². The Labute approximate surface area is 207 Å². The normalized spacial score (nSPS) is 19.7. The second-order valence-electron chi connectivity index (χ2n) is 9.19. The monoisotopic (exact) mass is 499 g/mol. The maximum atomic E-state index is 13.2. The number of carbonyl (C=O) groups is 1. The average Bonchev–Trinajstić information content (AvgIpc) is 3.10. The number of rotatable bonds is 8. The van der Waals surface area contributed by atoms with Crippen LogP contribution in [0.3, 0.4) is 0 Å². The van der Waals surface area contributed by atoms with Crippen molar-refractivity contribution < 1.29 is 23.1 Å². The van der Waals surface area contributed by atoms with Gasteiger partial charge in [0.1, 0.15) is 0 Å². The van der Waals surface area contributed by atoms with E-state index in [9.17, 15) is 18.3 Å². The van der Waals surface area contributed by atoms with Crippen LogP contribution in [-0.2, 0) is 19.6 Å². The Hall–Kier alpha value is -2.72. The highest BCUT2D eigenvalue weighted by atomic mass is 32.2. The molecule has 188 valence electrons. The minimum absolute atomic E-state index is 0.157. The van der Waals surface area contributed by atoms with Gasteiger partial charge in [0.2, 0.25) is 10.0 Å². The number of ether oxygens (including phenoxy) is 1. The van der Waals surface area contributed by atoms with Crippen LogP contribution >= 0.6 is 0 Å². The number of aryl methyl sites for hydroxylation is 1. The molecule has 1 saturated heterocycles. The van der Waals surface area contributed by atoms with Crippen molar-refractivity contribution in [1.82, 2.24) is 14.1 Å². The number of carbonyl (C=O) groups excluding carboxylic acids is 1. The van der Waals surface area contributed by atoms with E-state index >= 15 is 0 Å². The molecule has 2 aliphatic heterocycles. The highest BCUT2D eigenvalue weighted by molar-refractivity contribution is 7.89. The molecule has 35 heavy (non-hydrogen) atoms. The van der Waals surface area contributed by atoms with Crippen LogP contribution < -0.4 is 0 Å². The molecule has 2 aliphatic rings. The SMILES string of the molecule is Cc1ccc(C2C(c3ccc(S(=O)(=O)N(C)C)cc3)=C(O)C(=O)N2CCCN2CCOCC2)cc1. The zero-order chi connectivity index (χ0) is 25.2. The molecule has 1 atom stereocenters. The molecule has 1 amide bonds. The molecule has 8 nitrogen and oxygen atoms in total. The van der Waals surface area contributed by atoms with E-state index < -0.39 is 22.0 Å². The van der Waals surface area contributed by atoms with Crippen LogP contribution in [0.1, 0.15) is 29.2 Å². The molecule has 2 aromatic rings. The van der Waals surface area contributed by atoms with Crippen molar-refractivity contribution in [2.45, 2.75) is 24.3 Å². The standard InChI is InChI=1S/C26H33N3O5S/c1-19-5-7-21(8-6-19)24-23(20-9-11-22(12-10-20)35(32,33)27(2)3)25(30)26(31)29(24)14-4-13-28-15-17-34-18-16-28/h5-12,24,30H,4,13-18H2,1-3H3. The summed E-state index contributed by atoms with van der Waals surface area (Å²) in [6.07, 6.45) is 0.772. The lowest BCUT2D eigenvalue weighted by Gasteiger charge is -2.30. The molecule has 2 heterocycles. The number of aliphatic hydroxyl groups excluding tert-OH is 1. The van der Waals surface area contributed by atoms with Crippen LogP contribution in [0.15, 0.2) is 59.2 Å². The maximum Gasteiger partial charge on any atom is 0.289 e. The van der Waals surface area contributed by atoms with Crippen molar-refractivity contribution in [1.29, 1.82) is 0 Å². The minimum atomic E-state index is -3.58. The number of hydrogen-bond donors (Lipinski definition) is 1. The van der Waals surface area contributed by atoms with Crippen molar-refractivity contribution in [2.24, 2.45) is 0 Å². The lowest BCUT2D eigenvalue weighted by atomic mass is 9.93. The first kappa shape index (κ1) is 25.4. The number of benzene rings is 2. The lowest BCUT2D eigenvalue weighted by Crippen LogP contribution is -2.39. The van der Waals surface area contributed by atoms with Crippen LogP contribution in [0.2, 0.25) is 0 Å². The van der Waals surface area contributed by atoms with Crippen molar-refractivity contribution >= 4 is 21.5 Å². The highest BCUT2D eigenvalue weighted by Gasteiger charge is 2.40. The summed E-state index contributed by atoms with van der Waals surface area (Å²) < 4.78 is 31.5. The Morgan fingerprint density at radius 2 is 1.63 bits per heavy atom. The Morgan fingerprint density at radius 3 is 2.23 bits per heavy atom. The molecule has 0 spiro atoms. The van der Waals surface area contributed by atoms with Crippen molar-refractivity contribution in [3.63, 3.8) is 0 Å². The van der Waals surface area contributed by atoms with Gasteiger partial charge in [0, 0.05) is 45.8 Å². The van der Waals surface area contributed by atoms with Crippen LogP contribution in [0, 0.1) is 6.92 Å². The van der Waals surface area contributed by atoms with E-state index in [1.165, 1.54) is 26.2 Å². The predicted molar refractivity (Wildman–Crippen MR) is 134 cm³/mol. The van der Waals surface area contributed by atoms with Crippen molar-refractivity contribution in [2.75, 3.05) is 53.5 Å². The molecule has 4 rings (SSSR count). The third kappa shape index (κ3) is 5.28. The number of sulfonamides is 1. The fourth-order valence-corrected chi connectivity index (χ4v) is 5.48. The van der Waals surface area contributed by atoms with Gasteiger partial charge in [-0.05, 0) is 36.6 Å². The molecule has 0 radical (unpaired) electrons. The number of nitrogens with zero attached hydrogens (tertiary/aromatic N) is 3. The molecule has 2 aromatic carbocycles. The molecule has 0 aromatic heterocycles. The Kier molecular flexibility index (Phi) is 7.61. The average molecular weight is 500 g/mol. The Bertz CT molecular complexity index is 1180. The summed E-state index contributed by atoms with van der Waals surface area (Å²) in [7, 11) is -0.618. The summed E-state index contributed by atoms with van der Waals surface area (Å²) in [5.41, 5.74) is 3.12. The molecule has 0 bridgehead atoms. The second kappa shape index (κ2) is 10.5. The zero-order valence-electron chi connectivity index (χ0n) is 20.5. The summed E-state index contributed by atoms with van der Waals surface area (Å²) in [5, 5.41) is 11.0. The fraction of sp³-hybridized carbons (Fsp3) is 0.423. The van der Waals surface area contributed by atoms with Crippen molar-refractivity contribution in [3.05, 3.63) is 71.0 Å². The largest absolute Gasteiger partial charge is 0.503 e. The molecule has 9 heteroatoms. The van der Waals surface area contributed by atoms with E-state index in [-0.39, 0.29) is 10.7 Å². The molecular formula is C26H33N3O5S. The first-order chi connectivity index (χ1) is 16.7. The summed E-state index contributed by atoms with van der Waals surface area (Å²) >= 11 is 0. The van der Waals surface area contributed by atoms with Gasteiger partial charge in [-0.25, -0.2) is 12.7 Å². The number of aliphatic hydroxyl groups is 1. The molecule has 1 fully saturated rings. The van der Waals surface area contributed by atoms with Gasteiger partial charge in [0.05, 0.1) is 24.2 Å². The summed E-state index contributed by atoms with van der Waals surface area (Å²) in [5.74, 6) is -0.692. The molecule has 0 aliphatic carbocycles. The maximum absolute atomic E-state index is 13.2. The topological polar surface area (TPSA) is 90.4 Å². The van der Waals surface area contributed by atoms with Crippen LogP contribution in [-0.4, -0.2) is 87.0 Å². The van der Waals surface area contributed by atoms with Gasteiger partial charge in [-0.2, -0.15) is 0 Å². The van der Waals surface area contributed by atoms with Crippen LogP contribution in [0.5, 0.6) is 0 Å². The Morgan fingerprint density at radius 1 is 1.00 bits per heavy atom. The molecule has 0 saturated carbocycles. The second-order valence-corrected chi connectivity index (χ2v) is 11.3. The van der Waals surface area contributed by atoms with E-state index in [2.05, 4.69) is 4.90 Å². The first-order valence-corrected chi connectivity index (χ1v) is 13.3. The van der Waals surface area contributed by atoms with Gasteiger partial charge in [0.15, 0.2) is 5.76 Å². The highest BCUT2D eigenvalue weighted by Crippen LogP contribution is 2.43. The number of morpholine rings is 1. The number of hydrogen-bond acceptors (Lipinski definition) is 6. The van der Waals surface area contributed by atoms with Gasteiger partial charge in [-0.15, -0.1) is 0 Å². The smallest absolute Gasteiger partial charge is 0.289 e. The van der Waals surface area contributed by atoms with E-state index in [0.717, 1.165) is 54.7 Å². The summed E-state index contributed by atoms with van der Waals surface area (Å²) in [4.78, 5) is 17.4. The molecule has 1 N–H and O–H groups in total. The quantitative estimate of drug-likeness (QED) is 0.601. The van der Waals surface area contributed by atoms with Gasteiger partial charge in [-0.3, -0.25) is 9.69 Å². The number of amides is 1. The molecular weight excluding hydrogens is 466 g/mol. The fourth-order valence-electron chi connectivity index (χ4n) is 4.58. The van der Waals surface area contributed by atoms with E-state index in [4.69, 9.17) is 4.74 Å². The lowest BCUT2D eigenvalue weighted by molar-refractivity contribution is -0.129. The first-order valence-electron chi connectivity index (χ1n) is 11.8. The third-order valence-electron chi connectivity index (χ3n) is 6.62. The van der Waals surface area contributed by atoms with E-state index in [0.29, 0.717) is 17.7 Å². The Balaban J connectivity index is 1.64. The van der Waals surface area contributed by atoms with Crippen LogP contribution in [0.25, 0.3) is 5.57 Å². The van der Waals surface area contributed by atoms with Gasteiger partial charge in [-0.1, -0.05) is 42.0 Å². The van der Waals surface area contributed by atoms with Gasteiger partial charge in [0.25, 0.3) is 5.91 Å². The van der Waals surface area contributed by atoms with Crippen LogP contribution in [0.4, 0.5) is 0 Å². The van der Waals surface area contributed by atoms with E-state index in [1.54, 1.807) is 17.0 Å². The summed E-state index contributed by atoms with van der Waals surface area (Å²) in [6.45, 7) is 6.55. The summed E-state index contributed by atoms with van der Waals surface area (Å²) in [6, 6.07) is 13.8. The van der Waals surface area contributed by atoms with Gasteiger partial charge >= 0.3 is 0 Å². The molecule has 1 unspecified atom stereocenters. The minimum Gasteiger partial charge on any atom is -0.503 e. The zero-order valence-corrected chi connectivity index (χ0v) is 21.3.